The Kier molecular flexibility index (Phi) is 3.68. The normalized spacial score (nSPS) is 11.8. The second kappa shape index (κ2) is 5.27. The van der Waals surface area contributed by atoms with Gasteiger partial charge < -0.3 is 10.2 Å². The van der Waals surface area contributed by atoms with Crippen LogP contribution in [0, 0.1) is 0 Å². The maximum Gasteiger partial charge on any atom is 0.294 e. The Balaban J connectivity index is 2.26. The molecule has 3 N–H and O–H groups in total. The van der Waals surface area contributed by atoms with Crippen molar-refractivity contribution in [1.29, 1.82) is 0 Å². The minimum absolute atomic E-state index is 0.0730. The Bertz CT molecular complexity index is 754. The third-order valence-corrected chi connectivity index (χ3v) is 3.27. The van der Waals surface area contributed by atoms with Crippen LogP contribution in [0.2, 0.25) is 0 Å². The van der Waals surface area contributed by atoms with E-state index in [1.54, 1.807) is 0 Å². The van der Waals surface area contributed by atoms with Gasteiger partial charge in [-0.15, -0.1) is 5.11 Å². The van der Waals surface area contributed by atoms with Crippen molar-refractivity contribution < 1.29 is 23.2 Å². The Morgan fingerprint density at radius 1 is 0.900 bits per heavy atom. The zero-order valence-corrected chi connectivity index (χ0v) is 10.8. The summed E-state index contributed by atoms with van der Waals surface area (Å²) in [6.45, 7) is 0. The molecule has 0 saturated heterocycles. The average molecular weight is 294 g/mol. The van der Waals surface area contributed by atoms with E-state index in [0.29, 0.717) is 5.69 Å². The molecule has 0 aliphatic carbocycles. The van der Waals surface area contributed by atoms with Gasteiger partial charge in [-0.25, -0.2) is 0 Å². The predicted molar refractivity (Wildman–Crippen MR) is 70.2 cm³/mol. The summed E-state index contributed by atoms with van der Waals surface area (Å²) >= 11 is 0. The largest absolute Gasteiger partial charge is 0.504 e. The highest BCUT2D eigenvalue weighted by Crippen LogP contribution is 2.35. The van der Waals surface area contributed by atoms with Crippen LogP contribution < -0.4 is 0 Å². The number of aromatic hydroxyl groups is 2. The molecule has 0 aliphatic rings. The van der Waals surface area contributed by atoms with Crippen LogP contribution in [0.15, 0.2) is 57.6 Å². The number of azo groups is 1. The number of para-hydroxylation sites is 1. The molecule has 0 atom stereocenters. The summed E-state index contributed by atoms with van der Waals surface area (Å²) in [5.74, 6) is -0.714. The molecular formula is C12H10N2O5S. The van der Waals surface area contributed by atoms with Crippen LogP contribution in [0.5, 0.6) is 11.5 Å². The first-order valence-corrected chi connectivity index (χ1v) is 6.82. The maximum atomic E-state index is 10.8. The molecule has 0 spiro atoms. The topological polar surface area (TPSA) is 120 Å². The molecule has 20 heavy (non-hydrogen) atoms. The third-order valence-electron chi connectivity index (χ3n) is 2.40. The molecule has 0 aliphatic heterocycles. The standard InChI is InChI=1S/C12H10N2O5S/c15-11-3-1-2-10(12(11)16)14-13-8-4-6-9(7-5-8)20(17,18)19/h1-7,15-16H,(H,17,18,19). The lowest BCUT2D eigenvalue weighted by atomic mass is 10.3. The fourth-order valence-corrected chi connectivity index (χ4v) is 1.88. The molecular weight excluding hydrogens is 284 g/mol. The van der Waals surface area contributed by atoms with Crippen LogP contribution >= 0.6 is 0 Å². The SMILES string of the molecule is O=S(=O)(O)c1ccc(N=Nc2cccc(O)c2O)cc1. The van der Waals surface area contributed by atoms with Gasteiger partial charge in [0.25, 0.3) is 10.1 Å². The number of phenols is 2. The van der Waals surface area contributed by atoms with E-state index in [0.717, 1.165) is 0 Å². The summed E-state index contributed by atoms with van der Waals surface area (Å²) in [6, 6.07) is 9.27. The van der Waals surface area contributed by atoms with Gasteiger partial charge in [0.15, 0.2) is 11.5 Å². The summed E-state index contributed by atoms with van der Waals surface area (Å²) in [4.78, 5) is -0.253. The van der Waals surface area contributed by atoms with Crippen molar-refractivity contribution in [1.82, 2.24) is 0 Å². The van der Waals surface area contributed by atoms with Gasteiger partial charge in [-0.05, 0) is 36.4 Å². The van der Waals surface area contributed by atoms with E-state index in [1.165, 1.54) is 42.5 Å². The molecule has 104 valence electrons. The molecule has 8 heteroatoms. The van der Waals surface area contributed by atoms with Crippen molar-refractivity contribution >= 4 is 21.5 Å². The van der Waals surface area contributed by atoms with Crippen molar-refractivity contribution in [3.63, 3.8) is 0 Å². The highest BCUT2D eigenvalue weighted by atomic mass is 32.2. The van der Waals surface area contributed by atoms with Gasteiger partial charge in [0.1, 0.15) is 5.69 Å². The quantitative estimate of drug-likeness (QED) is 0.456. The molecule has 2 aromatic carbocycles. The minimum Gasteiger partial charge on any atom is -0.504 e. The van der Waals surface area contributed by atoms with E-state index in [2.05, 4.69) is 10.2 Å². The first kappa shape index (κ1) is 14.0. The number of nitrogens with zero attached hydrogens (tertiary/aromatic N) is 2. The monoisotopic (exact) mass is 294 g/mol. The van der Waals surface area contributed by atoms with Gasteiger partial charge in [0, 0.05) is 0 Å². The van der Waals surface area contributed by atoms with Gasteiger partial charge in [0.05, 0.1) is 10.6 Å². The lowest BCUT2D eigenvalue weighted by molar-refractivity contribution is 0.404. The van der Waals surface area contributed by atoms with Gasteiger partial charge in [-0.1, -0.05) is 6.07 Å². The number of hydrogen-bond acceptors (Lipinski definition) is 6. The zero-order chi connectivity index (χ0) is 14.8. The summed E-state index contributed by atoms with van der Waals surface area (Å²) in [6.07, 6.45) is 0. The van der Waals surface area contributed by atoms with Gasteiger partial charge in [-0.3, -0.25) is 4.55 Å². The Labute approximate surface area is 114 Å². The van der Waals surface area contributed by atoms with E-state index < -0.39 is 15.9 Å². The van der Waals surface area contributed by atoms with Crippen molar-refractivity contribution in [3.05, 3.63) is 42.5 Å². The molecule has 0 aromatic heterocycles. The van der Waals surface area contributed by atoms with Gasteiger partial charge in [-0.2, -0.15) is 13.5 Å². The molecule has 0 unspecified atom stereocenters. The lowest BCUT2D eigenvalue weighted by Crippen LogP contribution is -1.96. The van der Waals surface area contributed by atoms with Crippen molar-refractivity contribution in [2.45, 2.75) is 4.90 Å². The van der Waals surface area contributed by atoms with Crippen molar-refractivity contribution in [2.24, 2.45) is 10.2 Å². The molecule has 0 bridgehead atoms. The summed E-state index contributed by atoms with van der Waals surface area (Å²) < 4.78 is 30.5. The predicted octanol–water partition coefficient (Wildman–Crippen LogP) is 2.76. The summed E-state index contributed by atoms with van der Waals surface area (Å²) in [5, 5.41) is 26.3. The van der Waals surface area contributed by atoms with Gasteiger partial charge >= 0.3 is 0 Å². The maximum absolute atomic E-state index is 10.8. The highest BCUT2D eigenvalue weighted by molar-refractivity contribution is 7.85. The molecule has 2 rings (SSSR count). The third kappa shape index (κ3) is 3.11. The van der Waals surface area contributed by atoms with E-state index in [9.17, 15) is 18.6 Å². The van der Waals surface area contributed by atoms with Crippen LogP contribution in [0.4, 0.5) is 11.4 Å². The van der Waals surface area contributed by atoms with Crippen LogP contribution in [0.1, 0.15) is 0 Å². The van der Waals surface area contributed by atoms with Crippen LogP contribution in [0.3, 0.4) is 0 Å². The smallest absolute Gasteiger partial charge is 0.294 e. The zero-order valence-electron chi connectivity index (χ0n) is 10.0. The first-order valence-electron chi connectivity index (χ1n) is 5.38. The van der Waals surface area contributed by atoms with Crippen LogP contribution in [-0.2, 0) is 10.1 Å². The number of benzene rings is 2. The number of phenolic OH excluding ortho intramolecular Hbond substituents is 2. The van der Waals surface area contributed by atoms with E-state index in [-0.39, 0.29) is 16.3 Å². The second-order valence-electron chi connectivity index (χ2n) is 3.81. The van der Waals surface area contributed by atoms with E-state index in [4.69, 9.17) is 4.55 Å². The minimum atomic E-state index is -4.24. The molecule has 0 radical (unpaired) electrons. The second-order valence-corrected chi connectivity index (χ2v) is 5.24. The summed E-state index contributed by atoms with van der Waals surface area (Å²) in [5.41, 5.74) is 0.393. The Morgan fingerprint density at radius 2 is 1.55 bits per heavy atom. The number of rotatable bonds is 3. The fourth-order valence-electron chi connectivity index (χ4n) is 1.40. The Morgan fingerprint density at radius 3 is 2.15 bits per heavy atom. The molecule has 0 saturated carbocycles. The molecule has 0 heterocycles. The number of hydrogen-bond donors (Lipinski definition) is 3. The summed E-state index contributed by atoms with van der Waals surface area (Å²) in [7, 11) is -4.24. The van der Waals surface area contributed by atoms with E-state index in [1.807, 2.05) is 0 Å². The lowest BCUT2D eigenvalue weighted by Gasteiger charge is -2.00. The first-order chi connectivity index (χ1) is 9.38. The van der Waals surface area contributed by atoms with Crippen molar-refractivity contribution in [3.8, 4) is 11.5 Å². The van der Waals surface area contributed by atoms with Crippen LogP contribution in [-0.4, -0.2) is 23.2 Å². The van der Waals surface area contributed by atoms with E-state index >= 15 is 0 Å². The molecule has 0 fully saturated rings. The van der Waals surface area contributed by atoms with Gasteiger partial charge in [0.2, 0.25) is 0 Å². The molecule has 0 amide bonds. The fraction of sp³-hybridized carbons (Fsp3) is 0. The van der Waals surface area contributed by atoms with Crippen LogP contribution in [0.25, 0.3) is 0 Å². The Hall–Kier alpha value is -2.45. The molecule has 7 nitrogen and oxygen atoms in total. The van der Waals surface area contributed by atoms with Crippen molar-refractivity contribution in [2.75, 3.05) is 0 Å². The highest BCUT2D eigenvalue weighted by Gasteiger charge is 2.08. The molecule has 2 aromatic rings. The average Bonchev–Trinajstić information content (AvgIpc) is 2.40.